The maximum atomic E-state index is 8.86. The standard InChI is InChI=1S/C8H17NO2.CH4O/c1-5-3-7(9)8(4-10)11-6(5)2;1-2/h5-8,10H,3-4,9H2,1-2H3;2H,1H3/t5-,6?,7?,8-;/m0./s1. The van der Waals surface area contributed by atoms with Crippen molar-refractivity contribution in [2.45, 2.75) is 38.5 Å². The molecule has 0 saturated carbocycles. The smallest absolute Gasteiger partial charge is 0.0959 e. The van der Waals surface area contributed by atoms with Crippen LogP contribution in [0, 0.1) is 5.92 Å². The Kier molecular flexibility index (Phi) is 6.24. The van der Waals surface area contributed by atoms with Crippen molar-refractivity contribution < 1.29 is 14.9 Å². The highest BCUT2D eigenvalue weighted by atomic mass is 16.5. The molecular weight excluding hydrogens is 170 g/mol. The van der Waals surface area contributed by atoms with E-state index in [-0.39, 0.29) is 24.9 Å². The van der Waals surface area contributed by atoms with E-state index in [2.05, 4.69) is 6.92 Å². The van der Waals surface area contributed by atoms with Gasteiger partial charge in [0.15, 0.2) is 0 Å². The molecule has 4 N–H and O–H groups in total. The van der Waals surface area contributed by atoms with Gasteiger partial charge in [-0.1, -0.05) is 6.92 Å². The van der Waals surface area contributed by atoms with Gasteiger partial charge in [0.25, 0.3) is 0 Å². The first-order chi connectivity index (χ1) is 6.15. The Bertz CT molecular complexity index is 132. The second kappa shape index (κ2) is 6.32. The molecule has 13 heavy (non-hydrogen) atoms. The van der Waals surface area contributed by atoms with Crippen LogP contribution in [0.2, 0.25) is 0 Å². The topological polar surface area (TPSA) is 75.7 Å². The fraction of sp³-hybridized carbons (Fsp3) is 1.00. The van der Waals surface area contributed by atoms with Crippen molar-refractivity contribution >= 4 is 0 Å². The van der Waals surface area contributed by atoms with Crippen LogP contribution < -0.4 is 5.73 Å². The van der Waals surface area contributed by atoms with Crippen molar-refractivity contribution in [1.82, 2.24) is 0 Å². The summed E-state index contributed by atoms with van der Waals surface area (Å²) in [6.45, 7) is 4.19. The third-order valence-electron chi connectivity index (χ3n) is 2.49. The van der Waals surface area contributed by atoms with Crippen LogP contribution in [0.25, 0.3) is 0 Å². The van der Waals surface area contributed by atoms with Crippen molar-refractivity contribution in [1.29, 1.82) is 0 Å². The van der Waals surface area contributed by atoms with Crippen molar-refractivity contribution in [3.8, 4) is 0 Å². The van der Waals surface area contributed by atoms with Gasteiger partial charge in [0.2, 0.25) is 0 Å². The lowest BCUT2D eigenvalue weighted by Gasteiger charge is -2.36. The highest BCUT2D eigenvalue weighted by Gasteiger charge is 2.30. The van der Waals surface area contributed by atoms with Crippen LogP contribution in [0.1, 0.15) is 20.3 Å². The van der Waals surface area contributed by atoms with Gasteiger partial charge < -0.3 is 20.7 Å². The number of nitrogens with two attached hydrogens (primary N) is 1. The molecular formula is C9H21NO3. The van der Waals surface area contributed by atoms with Crippen molar-refractivity contribution in [3.05, 3.63) is 0 Å². The van der Waals surface area contributed by atoms with Gasteiger partial charge in [-0.15, -0.1) is 0 Å². The van der Waals surface area contributed by atoms with E-state index in [1.807, 2.05) is 6.92 Å². The Labute approximate surface area is 79.7 Å². The summed E-state index contributed by atoms with van der Waals surface area (Å²) in [6.07, 6.45) is 1.03. The molecule has 4 atom stereocenters. The Morgan fingerprint density at radius 2 is 1.92 bits per heavy atom. The summed E-state index contributed by atoms with van der Waals surface area (Å²) in [6, 6.07) is 0.00574. The predicted molar refractivity (Wildman–Crippen MR) is 51.3 cm³/mol. The first kappa shape index (κ1) is 12.8. The van der Waals surface area contributed by atoms with Gasteiger partial charge in [0.1, 0.15) is 0 Å². The van der Waals surface area contributed by atoms with Gasteiger partial charge in [-0.2, -0.15) is 0 Å². The van der Waals surface area contributed by atoms with Gasteiger partial charge in [-0.3, -0.25) is 0 Å². The number of aliphatic hydroxyl groups is 2. The molecule has 1 saturated heterocycles. The maximum Gasteiger partial charge on any atom is 0.0959 e. The molecule has 0 aromatic rings. The van der Waals surface area contributed by atoms with Gasteiger partial charge in [-0.05, 0) is 19.3 Å². The molecule has 0 bridgehead atoms. The van der Waals surface area contributed by atoms with E-state index in [9.17, 15) is 0 Å². The zero-order chi connectivity index (χ0) is 10.4. The Morgan fingerprint density at radius 1 is 1.38 bits per heavy atom. The van der Waals surface area contributed by atoms with Crippen LogP contribution in [0.5, 0.6) is 0 Å². The molecule has 1 heterocycles. The molecule has 1 fully saturated rings. The summed E-state index contributed by atoms with van der Waals surface area (Å²) in [4.78, 5) is 0. The minimum atomic E-state index is -0.152. The minimum Gasteiger partial charge on any atom is -0.400 e. The summed E-state index contributed by atoms with van der Waals surface area (Å²) in [5.74, 6) is 0.507. The van der Waals surface area contributed by atoms with Crippen LogP contribution in [0.15, 0.2) is 0 Å². The van der Waals surface area contributed by atoms with E-state index < -0.39 is 0 Å². The largest absolute Gasteiger partial charge is 0.400 e. The third-order valence-corrected chi connectivity index (χ3v) is 2.49. The summed E-state index contributed by atoms with van der Waals surface area (Å²) in [7, 11) is 1.00. The number of hydrogen-bond acceptors (Lipinski definition) is 4. The first-order valence-electron chi connectivity index (χ1n) is 4.61. The number of hydrogen-bond donors (Lipinski definition) is 3. The summed E-state index contributed by atoms with van der Waals surface area (Å²) in [5, 5.41) is 15.9. The molecule has 0 spiro atoms. The van der Waals surface area contributed by atoms with Gasteiger partial charge >= 0.3 is 0 Å². The zero-order valence-electron chi connectivity index (χ0n) is 8.60. The predicted octanol–water partition coefficient (Wildman–Crippen LogP) is -0.272. The van der Waals surface area contributed by atoms with Crippen LogP contribution in [0.4, 0.5) is 0 Å². The molecule has 4 nitrogen and oxygen atoms in total. The van der Waals surface area contributed by atoms with Crippen molar-refractivity contribution in [3.63, 3.8) is 0 Å². The first-order valence-corrected chi connectivity index (χ1v) is 4.61. The summed E-state index contributed by atoms with van der Waals surface area (Å²) >= 11 is 0. The molecule has 0 aromatic carbocycles. The third kappa shape index (κ3) is 3.60. The molecule has 80 valence electrons. The zero-order valence-corrected chi connectivity index (χ0v) is 8.60. The van der Waals surface area contributed by atoms with Crippen LogP contribution in [-0.4, -0.2) is 42.2 Å². The molecule has 1 rings (SSSR count). The summed E-state index contributed by atoms with van der Waals surface area (Å²) in [5.41, 5.74) is 5.76. The Morgan fingerprint density at radius 3 is 2.38 bits per heavy atom. The maximum absolute atomic E-state index is 8.86. The highest BCUT2D eigenvalue weighted by Crippen LogP contribution is 2.23. The number of ether oxygens (including phenoxy) is 1. The van der Waals surface area contributed by atoms with E-state index in [0.29, 0.717) is 5.92 Å². The van der Waals surface area contributed by atoms with Crippen molar-refractivity contribution in [2.24, 2.45) is 11.7 Å². The number of rotatable bonds is 1. The monoisotopic (exact) mass is 191 g/mol. The van der Waals surface area contributed by atoms with E-state index in [0.717, 1.165) is 13.5 Å². The molecule has 2 unspecified atom stereocenters. The average Bonchev–Trinajstić information content (AvgIpc) is 2.15. The van der Waals surface area contributed by atoms with Crippen LogP contribution in [0.3, 0.4) is 0 Å². The normalized spacial score (nSPS) is 39.2. The fourth-order valence-corrected chi connectivity index (χ4v) is 1.46. The quantitative estimate of drug-likeness (QED) is 0.533. The van der Waals surface area contributed by atoms with Gasteiger partial charge in [-0.25, -0.2) is 0 Å². The highest BCUT2D eigenvalue weighted by molar-refractivity contribution is 4.83. The molecule has 4 heteroatoms. The van der Waals surface area contributed by atoms with Gasteiger partial charge in [0.05, 0.1) is 18.8 Å². The molecule has 1 aliphatic rings. The van der Waals surface area contributed by atoms with Crippen LogP contribution >= 0.6 is 0 Å². The second-order valence-electron chi connectivity index (χ2n) is 3.44. The lowest BCUT2D eigenvalue weighted by Crippen LogP contribution is -2.48. The van der Waals surface area contributed by atoms with E-state index in [1.165, 1.54) is 0 Å². The summed E-state index contributed by atoms with van der Waals surface area (Å²) < 4.78 is 5.48. The molecule has 1 aliphatic heterocycles. The Hall–Kier alpha value is -0.160. The second-order valence-corrected chi connectivity index (χ2v) is 3.44. The minimum absolute atomic E-state index is 0.00574. The van der Waals surface area contributed by atoms with Crippen molar-refractivity contribution in [2.75, 3.05) is 13.7 Å². The van der Waals surface area contributed by atoms with E-state index in [4.69, 9.17) is 20.7 Å². The SMILES string of the molecule is CC1O[C@@H](CO)C(N)C[C@@H]1C.CO. The number of aliphatic hydroxyl groups excluding tert-OH is 2. The van der Waals surface area contributed by atoms with Crippen LogP contribution in [-0.2, 0) is 4.74 Å². The lowest BCUT2D eigenvalue weighted by molar-refractivity contribution is -0.0985. The Balaban J connectivity index is 0.000000671. The molecule has 0 amide bonds. The molecule has 0 aromatic heterocycles. The van der Waals surface area contributed by atoms with E-state index >= 15 is 0 Å². The average molecular weight is 191 g/mol. The van der Waals surface area contributed by atoms with E-state index in [1.54, 1.807) is 0 Å². The van der Waals surface area contributed by atoms with Gasteiger partial charge in [0, 0.05) is 13.2 Å². The molecule has 0 aliphatic carbocycles. The lowest BCUT2D eigenvalue weighted by atomic mass is 9.91. The molecule has 0 radical (unpaired) electrons. The fourth-order valence-electron chi connectivity index (χ4n) is 1.46.